The van der Waals surface area contributed by atoms with E-state index in [0.717, 1.165) is 48.4 Å². The molecule has 1 unspecified atom stereocenters. The predicted molar refractivity (Wildman–Crippen MR) is 104 cm³/mol. The van der Waals surface area contributed by atoms with Crippen LogP contribution in [-0.4, -0.2) is 58.3 Å². The van der Waals surface area contributed by atoms with Crippen LogP contribution >= 0.6 is 0 Å². The molecule has 5 nitrogen and oxygen atoms in total. The molecule has 1 aliphatic heterocycles. The van der Waals surface area contributed by atoms with Gasteiger partial charge in [0, 0.05) is 58.0 Å². The highest BCUT2D eigenvalue weighted by atomic mass is 16.3. The maximum Gasteiger partial charge on any atom is 0.255 e. The lowest BCUT2D eigenvalue weighted by Gasteiger charge is -2.41. The highest BCUT2D eigenvalue weighted by Gasteiger charge is 2.32. The van der Waals surface area contributed by atoms with Crippen LogP contribution in [0, 0.1) is 5.92 Å². The van der Waals surface area contributed by atoms with Gasteiger partial charge < -0.3 is 9.67 Å². The summed E-state index contributed by atoms with van der Waals surface area (Å²) in [6, 6.07) is 10.5. The molecule has 2 aliphatic rings. The van der Waals surface area contributed by atoms with Gasteiger partial charge in [-0.15, -0.1) is 0 Å². The molecule has 1 saturated heterocycles. The Bertz CT molecular complexity index is 828. The number of hydrogen-bond donors (Lipinski definition) is 1. The van der Waals surface area contributed by atoms with E-state index in [9.17, 15) is 9.90 Å². The Hall–Kier alpha value is -1.69. The fraction of sp³-hybridized carbons (Fsp3) is 0.571. The van der Waals surface area contributed by atoms with Gasteiger partial charge in [0.25, 0.3) is 5.56 Å². The van der Waals surface area contributed by atoms with Gasteiger partial charge in [-0.1, -0.05) is 18.2 Å². The second-order valence-electron chi connectivity index (χ2n) is 7.93. The highest BCUT2D eigenvalue weighted by molar-refractivity contribution is 5.79. The summed E-state index contributed by atoms with van der Waals surface area (Å²) in [4.78, 5) is 17.7. The molecule has 140 valence electrons. The molecule has 1 aromatic heterocycles. The number of aliphatic hydroxyl groups excluding tert-OH is 1. The van der Waals surface area contributed by atoms with E-state index >= 15 is 0 Å². The van der Waals surface area contributed by atoms with Crippen LogP contribution in [0.2, 0.25) is 0 Å². The summed E-state index contributed by atoms with van der Waals surface area (Å²) >= 11 is 0. The van der Waals surface area contributed by atoms with E-state index in [1.54, 1.807) is 4.57 Å². The summed E-state index contributed by atoms with van der Waals surface area (Å²) in [5, 5.41) is 10.6. The third kappa shape index (κ3) is 3.70. The first-order valence-corrected chi connectivity index (χ1v) is 9.80. The molecule has 2 fully saturated rings. The summed E-state index contributed by atoms with van der Waals surface area (Å²) in [7, 11) is 1.86. The maximum absolute atomic E-state index is 12.8. The quantitative estimate of drug-likeness (QED) is 0.859. The van der Waals surface area contributed by atoms with Crippen molar-refractivity contribution in [2.75, 3.05) is 32.8 Å². The second kappa shape index (κ2) is 7.51. The van der Waals surface area contributed by atoms with Gasteiger partial charge in [0.1, 0.15) is 0 Å². The number of aliphatic hydroxyl groups is 1. The Balaban J connectivity index is 1.51. The average Bonchev–Trinajstić information content (AvgIpc) is 3.46. The Kier molecular flexibility index (Phi) is 5.11. The molecular weight excluding hydrogens is 326 g/mol. The van der Waals surface area contributed by atoms with Crippen molar-refractivity contribution in [3.63, 3.8) is 0 Å². The summed E-state index contributed by atoms with van der Waals surface area (Å²) < 4.78 is 1.76. The van der Waals surface area contributed by atoms with Crippen LogP contribution in [0.3, 0.4) is 0 Å². The molecule has 0 amide bonds. The minimum absolute atomic E-state index is 0.0998. The molecule has 1 atom stereocenters. The van der Waals surface area contributed by atoms with Gasteiger partial charge in [-0.25, -0.2) is 0 Å². The first-order valence-electron chi connectivity index (χ1n) is 9.80. The summed E-state index contributed by atoms with van der Waals surface area (Å²) in [5.41, 5.74) is 1.95. The number of hydrogen-bond acceptors (Lipinski definition) is 4. The number of fused-ring (bicyclic) bond motifs is 1. The molecule has 2 heterocycles. The summed E-state index contributed by atoms with van der Waals surface area (Å²) in [6.07, 6.45) is 3.54. The normalized spacial score (nSPS) is 22.2. The number of para-hydroxylation sites is 1. The van der Waals surface area contributed by atoms with Crippen molar-refractivity contribution < 1.29 is 5.11 Å². The fourth-order valence-electron chi connectivity index (χ4n) is 4.24. The predicted octanol–water partition coefficient (Wildman–Crippen LogP) is 1.82. The van der Waals surface area contributed by atoms with E-state index in [1.165, 1.54) is 19.4 Å². The molecule has 26 heavy (non-hydrogen) atoms. The SMILES string of the molecule is Cn1c(=O)c(CN2CCN(CC3CC3)C(CCO)C2)cc2ccccc21. The average molecular weight is 355 g/mol. The minimum atomic E-state index is 0.0998. The summed E-state index contributed by atoms with van der Waals surface area (Å²) in [5.74, 6) is 0.871. The van der Waals surface area contributed by atoms with Gasteiger partial charge in [0.15, 0.2) is 0 Å². The van der Waals surface area contributed by atoms with Crippen molar-refractivity contribution in [3.8, 4) is 0 Å². The highest BCUT2D eigenvalue weighted by Crippen LogP contribution is 2.31. The Morgan fingerprint density at radius 3 is 2.77 bits per heavy atom. The smallest absolute Gasteiger partial charge is 0.255 e. The molecular formula is C21H29N3O2. The molecule has 0 bridgehead atoms. The third-order valence-corrected chi connectivity index (χ3v) is 5.94. The molecule has 1 N–H and O–H groups in total. The lowest BCUT2D eigenvalue weighted by molar-refractivity contribution is 0.0520. The molecule has 2 aromatic rings. The van der Waals surface area contributed by atoms with Crippen LogP contribution in [0.1, 0.15) is 24.8 Å². The van der Waals surface area contributed by atoms with E-state index in [1.807, 2.05) is 25.2 Å². The largest absolute Gasteiger partial charge is 0.396 e. The van der Waals surface area contributed by atoms with Crippen LogP contribution in [0.25, 0.3) is 10.9 Å². The van der Waals surface area contributed by atoms with E-state index in [-0.39, 0.29) is 12.2 Å². The lowest BCUT2D eigenvalue weighted by atomic mass is 10.1. The van der Waals surface area contributed by atoms with E-state index in [2.05, 4.69) is 21.9 Å². The Labute approximate surface area is 154 Å². The van der Waals surface area contributed by atoms with Gasteiger partial charge in [-0.2, -0.15) is 0 Å². The molecule has 1 aromatic carbocycles. The van der Waals surface area contributed by atoms with Crippen molar-refractivity contribution in [2.24, 2.45) is 13.0 Å². The van der Waals surface area contributed by atoms with Gasteiger partial charge >= 0.3 is 0 Å². The number of aryl methyl sites for hydroxylation is 1. The molecule has 1 aliphatic carbocycles. The number of pyridine rings is 1. The van der Waals surface area contributed by atoms with Crippen LogP contribution < -0.4 is 5.56 Å². The van der Waals surface area contributed by atoms with Crippen molar-refractivity contribution >= 4 is 10.9 Å². The van der Waals surface area contributed by atoms with Crippen molar-refractivity contribution in [2.45, 2.75) is 31.8 Å². The topological polar surface area (TPSA) is 48.7 Å². The van der Waals surface area contributed by atoms with Gasteiger partial charge in [0.2, 0.25) is 0 Å². The van der Waals surface area contributed by atoms with Crippen LogP contribution in [-0.2, 0) is 13.6 Å². The number of aromatic nitrogens is 1. The van der Waals surface area contributed by atoms with Crippen LogP contribution in [0.4, 0.5) is 0 Å². The second-order valence-corrected chi connectivity index (χ2v) is 7.93. The lowest BCUT2D eigenvalue weighted by Crippen LogP contribution is -2.53. The molecule has 0 spiro atoms. The zero-order valence-electron chi connectivity index (χ0n) is 15.6. The zero-order chi connectivity index (χ0) is 18.1. The molecule has 5 heteroatoms. The number of benzene rings is 1. The van der Waals surface area contributed by atoms with E-state index in [0.29, 0.717) is 12.6 Å². The standard InChI is InChI=1S/C21H29N3O2/c1-22-20-5-3-2-4-17(20)12-18(21(22)26)14-23-9-10-24(13-16-6-7-16)19(15-23)8-11-25/h2-5,12,16,19,25H,6-11,13-15H2,1H3. The van der Waals surface area contributed by atoms with Crippen molar-refractivity contribution in [3.05, 3.63) is 46.2 Å². The zero-order valence-corrected chi connectivity index (χ0v) is 15.6. The number of piperazine rings is 1. The van der Waals surface area contributed by atoms with Crippen LogP contribution in [0.5, 0.6) is 0 Å². The van der Waals surface area contributed by atoms with Gasteiger partial charge in [0.05, 0.1) is 5.52 Å². The first-order chi connectivity index (χ1) is 12.7. The van der Waals surface area contributed by atoms with E-state index < -0.39 is 0 Å². The number of rotatable bonds is 6. The molecule has 1 saturated carbocycles. The Morgan fingerprint density at radius 1 is 1.19 bits per heavy atom. The molecule has 4 rings (SSSR count). The fourth-order valence-corrected chi connectivity index (χ4v) is 4.24. The molecule has 0 radical (unpaired) electrons. The van der Waals surface area contributed by atoms with Crippen molar-refractivity contribution in [1.82, 2.24) is 14.4 Å². The van der Waals surface area contributed by atoms with Gasteiger partial charge in [-0.3, -0.25) is 14.6 Å². The van der Waals surface area contributed by atoms with Gasteiger partial charge in [-0.05, 0) is 42.7 Å². The summed E-state index contributed by atoms with van der Waals surface area (Å²) in [6.45, 7) is 5.06. The minimum Gasteiger partial charge on any atom is -0.396 e. The third-order valence-electron chi connectivity index (χ3n) is 5.94. The first kappa shape index (κ1) is 17.7. The Morgan fingerprint density at radius 2 is 2.00 bits per heavy atom. The van der Waals surface area contributed by atoms with Crippen LogP contribution in [0.15, 0.2) is 35.1 Å². The van der Waals surface area contributed by atoms with Crippen molar-refractivity contribution in [1.29, 1.82) is 0 Å². The number of nitrogens with zero attached hydrogens (tertiary/aromatic N) is 3. The maximum atomic E-state index is 12.8. The monoisotopic (exact) mass is 355 g/mol. The van der Waals surface area contributed by atoms with E-state index in [4.69, 9.17) is 0 Å².